The molecule has 1 N–H and O–H groups in total. The zero-order valence-corrected chi connectivity index (χ0v) is 19.3. The van der Waals surface area contributed by atoms with Crippen LogP contribution in [0.1, 0.15) is 65.2 Å². The molecule has 3 amide bonds. The number of carbonyl (C=O) groups is 5. The predicted octanol–water partition coefficient (Wildman–Crippen LogP) is 2.99. The van der Waals surface area contributed by atoms with Crippen molar-refractivity contribution in [1.82, 2.24) is 4.90 Å². The van der Waals surface area contributed by atoms with E-state index in [0.717, 1.165) is 34.6 Å². The summed E-state index contributed by atoms with van der Waals surface area (Å²) in [4.78, 5) is 64.1. The number of imide groups is 1. The third-order valence-electron chi connectivity index (χ3n) is 5.51. The van der Waals surface area contributed by atoms with Gasteiger partial charge < -0.3 is 14.8 Å². The Morgan fingerprint density at radius 2 is 1.88 bits per heavy atom. The van der Waals surface area contributed by atoms with Crippen molar-refractivity contribution >= 4 is 46.0 Å². The first-order chi connectivity index (χ1) is 16.3. The van der Waals surface area contributed by atoms with Crippen LogP contribution < -0.4 is 5.32 Å². The van der Waals surface area contributed by atoms with Crippen LogP contribution in [0.4, 0.5) is 5.00 Å². The highest BCUT2D eigenvalue weighted by molar-refractivity contribution is 7.17. The summed E-state index contributed by atoms with van der Waals surface area (Å²) in [5.41, 5.74) is 1.59. The molecule has 1 aliphatic carbocycles. The van der Waals surface area contributed by atoms with Crippen LogP contribution in [0, 0.1) is 0 Å². The first kappa shape index (κ1) is 23.4. The quantitative estimate of drug-likeness (QED) is 0.349. The SMILES string of the molecule is C=CCN1C(=O)c2ccc(C(=O)OCC(=O)Nc3sc4c(c3C(=O)OCC)CCC4)cc2C1=O. The van der Waals surface area contributed by atoms with Crippen LogP contribution in [0.25, 0.3) is 0 Å². The van der Waals surface area contributed by atoms with Crippen LogP contribution >= 0.6 is 11.3 Å². The normalized spacial score (nSPS) is 14.0. The van der Waals surface area contributed by atoms with Gasteiger partial charge >= 0.3 is 11.9 Å². The lowest BCUT2D eigenvalue weighted by molar-refractivity contribution is -0.119. The third-order valence-corrected chi connectivity index (χ3v) is 6.71. The maximum atomic E-state index is 12.5. The van der Waals surface area contributed by atoms with E-state index >= 15 is 0 Å². The number of esters is 2. The number of hydrogen-bond donors (Lipinski definition) is 1. The molecule has 176 valence electrons. The largest absolute Gasteiger partial charge is 0.462 e. The van der Waals surface area contributed by atoms with Gasteiger partial charge in [-0.25, -0.2) is 9.59 Å². The van der Waals surface area contributed by atoms with E-state index in [2.05, 4.69) is 11.9 Å². The standard InChI is InChI=1S/C24H22N2O7S/c1-3-10-26-21(28)14-9-8-13(11-16(14)22(26)29)23(30)33-12-18(27)25-20-19(24(31)32-4-2)15-6-5-7-17(15)34-20/h3,8-9,11H,1,4-7,10,12H2,2H3,(H,25,27). The fraction of sp³-hybridized carbons (Fsp3) is 0.292. The molecule has 0 spiro atoms. The van der Waals surface area contributed by atoms with Gasteiger partial charge in [0.25, 0.3) is 17.7 Å². The number of amides is 3. The van der Waals surface area contributed by atoms with E-state index in [1.807, 2.05) is 0 Å². The molecular weight excluding hydrogens is 460 g/mol. The summed E-state index contributed by atoms with van der Waals surface area (Å²) >= 11 is 1.33. The Labute approximate surface area is 199 Å². The number of fused-ring (bicyclic) bond motifs is 2. The average molecular weight is 483 g/mol. The van der Waals surface area contributed by atoms with Gasteiger partial charge in [-0.3, -0.25) is 19.3 Å². The van der Waals surface area contributed by atoms with E-state index in [0.29, 0.717) is 10.6 Å². The molecule has 2 heterocycles. The number of nitrogens with one attached hydrogen (secondary N) is 1. The van der Waals surface area contributed by atoms with Gasteiger partial charge in [-0.05, 0) is 49.9 Å². The number of ether oxygens (including phenoxy) is 2. The second kappa shape index (κ2) is 9.60. The molecule has 34 heavy (non-hydrogen) atoms. The molecular formula is C24H22N2O7S. The van der Waals surface area contributed by atoms with E-state index in [4.69, 9.17) is 9.47 Å². The van der Waals surface area contributed by atoms with Gasteiger partial charge in [0.1, 0.15) is 5.00 Å². The van der Waals surface area contributed by atoms with Crippen molar-refractivity contribution in [3.63, 3.8) is 0 Å². The minimum atomic E-state index is -0.820. The lowest BCUT2D eigenvalue weighted by Gasteiger charge is -2.09. The molecule has 0 bridgehead atoms. The van der Waals surface area contributed by atoms with Crippen LogP contribution in [0.3, 0.4) is 0 Å². The van der Waals surface area contributed by atoms with Crippen molar-refractivity contribution in [2.24, 2.45) is 0 Å². The van der Waals surface area contributed by atoms with Crippen LogP contribution in [0.2, 0.25) is 0 Å². The van der Waals surface area contributed by atoms with E-state index < -0.39 is 36.3 Å². The molecule has 0 saturated heterocycles. The number of nitrogens with zero attached hydrogens (tertiary/aromatic N) is 1. The van der Waals surface area contributed by atoms with Crippen molar-refractivity contribution < 1.29 is 33.4 Å². The first-order valence-electron chi connectivity index (χ1n) is 10.8. The number of aryl methyl sites for hydroxylation is 1. The van der Waals surface area contributed by atoms with E-state index in [1.54, 1.807) is 6.92 Å². The molecule has 0 saturated carbocycles. The maximum absolute atomic E-state index is 12.5. The van der Waals surface area contributed by atoms with Crippen LogP contribution in [0.5, 0.6) is 0 Å². The second-order valence-corrected chi connectivity index (χ2v) is 8.78. The fourth-order valence-electron chi connectivity index (χ4n) is 4.00. The molecule has 1 aromatic heterocycles. The number of anilines is 1. The zero-order valence-electron chi connectivity index (χ0n) is 18.5. The Morgan fingerprint density at radius 1 is 1.12 bits per heavy atom. The van der Waals surface area contributed by atoms with E-state index in [9.17, 15) is 24.0 Å². The fourth-order valence-corrected chi connectivity index (χ4v) is 5.29. The molecule has 0 fully saturated rings. The molecule has 9 nitrogen and oxygen atoms in total. The molecule has 10 heteroatoms. The van der Waals surface area contributed by atoms with Crippen molar-refractivity contribution in [3.8, 4) is 0 Å². The highest BCUT2D eigenvalue weighted by Gasteiger charge is 2.35. The van der Waals surface area contributed by atoms with Gasteiger partial charge in [0, 0.05) is 11.4 Å². The molecule has 0 unspecified atom stereocenters. The second-order valence-electron chi connectivity index (χ2n) is 7.68. The van der Waals surface area contributed by atoms with Gasteiger partial charge in [0.15, 0.2) is 6.61 Å². The van der Waals surface area contributed by atoms with E-state index in [-0.39, 0.29) is 29.8 Å². The Balaban J connectivity index is 1.42. The highest BCUT2D eigenvalue weighted by atomic mass is 32.1. The number of thiophene rings is 1. The van der Waals surface area contributed by atoms with Gasteiger partial charge in [0.05, 0.1) is 28.9 Å². The van der Waals surface area contributed by atoms with Crippen LogP contribution in [0.15, 0.2) is 30.9 Å². The predicted molar refractivity (Wildman–Crippen MR) is 123 cm³/mol. The minimum absolute atomic E-state index is 0.0375. The smallest absolute Gasteiger partial charge is 0.341 e. The lowest BCUT2D eigenvalue weighted by Crippen LogP contribution is -2.29. The molecule has 1 aromatic carbocycles. The molecule has 4 rings (SSSR count). The first-order valence-corrected chi connectivity index (χ1v) is 11.6. The van der Waals surface area contributed by atoms with Gasteiger partial charge in [0.2, 0.25) is 0 Å². The average Bonchev–Trinajstić information content (AvgIpc) is 3.46. The number of hydrogen-bond acceptors (Lipinski definition) is 8. The van der Waals surface area contributed by atoms with Gasteiger partial charge in [-0.15, -0.1) is 17.9 Å². The number of benzene rings is 1. The monoisotopic (exact) mass is 482 g/mol. The van der Waals surface area contributed by atoms with Crippen molar-refractivity contribution in [2.75, 3.05) is 25.1 Å². The van der Waals surface area contributed by atoms with E-state index in [1.165, 1.54) is 35.6 Å². The Hall–Kier alpha value is -3.79. The summed E-state index contributed by atoms with van der Waals surface area (Å²) in [6.07, 6.45) is 3.96. The Kier molecular flexibility index (Phi) is 6.60. The topological polar surface area (TPSA) is 119 Å². The molecule has 2 aromatic rings. The Morgan fingerprint density at radius 3 is 2.62 bits per heavy atom. The summed E-state index contributed by atoms with van der Waals surface area (Å²) in [7, 11) is 0. The summed E-state index contributed by atoms with van der Waals surface area (Å²) in [6.45, 7) is 4.93. The van der Waals surface area contributed by atoms with Gasteiger partial charge in [-0.2, -0.15) is 0 Å². The Bertz CT molecular complexity index is 1230. The molecule has 2 aliphatic rings. The van der Waals surface area contributed by atoms with Crippen molar-refractivity contribution in [3.05, 3.63) is 63.5 Å². The summed E-state index contributed by atoms with van der Waals surface area (Å²) in [5, 5.41) is 3.03. The highest BCUT2D eigenvalue weighted by Crippen LogP contribution is 2.39. The molecule has 0 atom stereocenters. The summed E-state index contributed by atoms with van der Waals surface area (Å²) in [6, 6.07) is 4.03. The molecule has 0 radical (unpaired) electrons. The lowest BCUT2D eigenvalue weighted by atomic mass is 10.1. The third kappa shape index (κ3) is 4.24. The van der Waals surface area contributed by atoms with Crippen molar-refractivity contribution in [1.29, 1.82) is 0 Å². The summed E-state index contributed by atoms with van der Waals surface area (Å²) in [5.74, 6) is -2.90. The zero-order chi connectivity index (χ0) is 24.4. The van der Waals surface area contributed by atoms with Crippen molar-refractivity contribution in [2.45, 2.75) is 26.2 Å². The molecule has 1 aliphatic heterocycles. The van der Waals surface area contributed by atoms with Gasteiger partial charge in [-0.1, -0.05) is 6.08 Å². The number of carbonyl (C=O) groups excluding carboxylic acids is 5. The van der Waals surface area contributed by atoms with Crippen LogP contribution in [-0.4, -0.2) is 54.3 Å². The summed E-state index contributed by atoms with van der Waals surface area (Å²) < 4.78 is 10.2. The number of rotatable bonds is 8. The minimum Gasteiger partial charge on any atom is -0.462 e. The maximum Gasteiger partial charge on any atom is 0.341 e. The van der Waals surface area contributed by atoms with Crippen LogP contribution in [-0.2, 0) is 27.1 Å².